The predicted molar refractivity (Wildman–Crippen MR) is 143 cm³/mol. The molecule has 0 unspecified atom stereocenters. The zero-order chi connectivity index (χ0) is 29.0. The minimum atomic E-state index is -4.81. The summed E-state index contributed by atoms with van der Waals surface area (Å²) in [6.45, 7) is 0.396. The molecule has 39 heavy (non-hydrogen) atoms. The van der Waals surface area contributed by atoms with Gasteiger partial charge in [0.1, 0.15) is 12.6 Å². The number of anilines is 1. The Bertz CT molecular complexity index is 1440. The summed E-state index contributed by atoms with van der Waals surface area (Å²) >= 11 is 12.1. The van der Waals surface area contributed by atoms with Crippen LogP contribution in [0.1, 0.15) is 18.1 Å². The van der Waals surface area contributed by atoms with E-state index in [1.54, 1.807) is 30.3 Å². The molecule has 0 fully saturated rings. The molecule has 3 aromatic carbocycles. The van der Waals surface area contributed by atoms with Crippen LogP contribution < -0.4 is 9.62 Å². The molecule has 0 radical (unpaired) electrons. The zero-order valence-corrected chi connectivity index (χ0v) is 23.1. The lowest BCUT2D eigenvalue weighted by Crippen LogP contribution is -2.50. The van der Waals surface area contributed by atoms with Crippen molar-refractivity contribution in [3.05, 3.63) is 94.0 Å². The summed E-state index contributed by atoms with van der Waals surface area (Å²) in [6.07, 6.45) is -4.81. The molecule has 1 N–H and O–H groups in total. The van der Waals surface area contributed by atoms with Crippen molar-refractivity contribution in [1.29, 1.82) is 0 Å². The molecule has 0 bridgehead atoms. The van der Waals surface area contributed by atoms with Crippen LogP contribution in [-0.2, 0) is 32.3 Å². The molecule has 208 valence electrons. The summed E-state index contributed by atoms with van der Waals surface area (Å²) in [6, 6.07) is 14.5. The monoisotopic (exact) mass is 601 g/mol. The van der Waals surface area contributed by atoms with Crippen LogP contribution in [0.25, 0.3) is 0 Å². The highest BCUT2D eigenvalue weighted by molar-refractivity contribution is 7.92. The molecule has 0 aromatic heterocycles. The Balaban J connectivity index is 2.12. The molecular weight excluding hydrogens is 578 g/mol. The molecule has 0 aliphatic carbocycles. The number of nitrogens with one attached hydrogen (secondary N) is 1. The van der Waals surface area contributed by atoms with E-state index in [1.807, 2.05) is 0 Å². The van der Waals surface area contributed by atoms with E-state index in [-0.39, 0.29) is 16.5 Å². The minimum absolute atomic E-state index is 0.111. The van der Waals surface area contributed by atoms with Gasteiger partial charge in [0.05, 0.1) is 21.2 Å². The SMILES string of the molecule is CNC(=O)[C@@H](C)N(Cc1ccc(Cl)cc1)C(=O)CN(c1cc(C(F)(F)F)ccc1Cl)S(=O)(=O)c1ccccc1. The third-order valence-electron chi connectivity index (χ3n) is 5.83. The summed E-state index contributed by atoms with van der Waals surface area (Å²) in [5.41, 5.74) is -1.11. The van der Waals surface area contributed by atoms with E-state index in [9.17, 15) is 31.2 Å². The number of alkyl halides is 3. The average molecular weight is 602 g/mol. The highest BCUT2D eigenvalue weighted by Crippen LogP contribution is 2.37. The maximum Gasteiger partial charge on any atom is 0.416 e. The van der Waals surface area contributed by atoms with E-state index in [1.165, 1.54) is 38.2 Å². The van der Waals surface area contributed by atoms with Gasteiger partial charge in [0, 0.05) is 18.6 Å². The van der Waals surface area contributed by atoms with Gasteiger partial charge in [-0.25, -0.2) is 8.42 Å². The molecule has 0 aliphatic heterocycles. The molecule has 3 rings (SSSR count). The van der Waals surface area contributed by atoms with Gasteiger partial charge >= 0.3 is 6.18 Å². The Labute approximate surface area is 234 Å². The van der Waals surface area contributed by atoms with Crippen LogP contribution in [0, 0.1) is 0 Å². The smallest absolute Gasteiger partial charge is 0.357 e. The van der Waals surface area contributed by atoms with E-state index in [0.29, 0.717) is 27.0 Å². The van der Waals surface area contributed by atoms with E-state index >= 15 is 0 Å². The van der Waals surface area contributed by atoms with E-state index < -0.39 is 51.9 Å². The first-order valence-corrected chi connectivity index (χ1v) is 13.7. The summed E-state index contributed by atoms with van der Waals surface area (Å²) < 4.78 is 68.5. The van der Waals surface area contributed by atoms with Gasteiger partial charge in [-0.1, -0.05) is 53.5 Å². The van der Waals surface area contributed by atoms with E-state index in [2.05, 4.69) is 5.32 Å². The molecule has 0 saturated heterocycles. The van der Waals surface area contributed by atoms with Crippen molar-refractivity contribution in [2.75, 3.05) is 17.9 Å². The first-order chi connectivity index (χ1) is 18.3. The van der Waals surface area contributed by atoms with Crippen LogP contribution in [-0.4, -0.2) is 44.8 Å². The number of carbonyl (C=O) groups excluding carboxylic acids is 2. The summed E-state index contributed by atoms with van der Waals surface area (Å²) in [5.74, 6) is -1.39. The third-order valence-corrected chi connectivity index (χ3v) is 8.18. The van der Waals surface area contributed by atoms with Crippen LogP contribution in [0.3, 0.4) is 0 Å². The number of amides is 2. The van der Waals surface area contributed by atoms with Crippen molar-refractivity contribution in [3.8, 4) is 0 Å². The molecule has 2 amide bonds. The maximum absolute atomic E-state index is 13.7. The molecular formula is C26H24Cl2F3N3O4S. The lowest BCUT2D eigenvalue weighted by Gasteiger charge is -2.32. The number of carbonyl (C=O) groups is 2. The van der Waals surface area contributed by atoms with Crippen molar-refractivity contribution in [2.24, 2.45) is 0 Å². The highest BCUT2D eigenvalue weighted by Gasteiger charge is 2.36. The zero-order valence-electron chi connectivity index (χ0n) is 20.7. The van der Waals surface area contributed by atoms with Gasteiger partial charge < -0.3 is 10.2 Å². The largest absolute Gasteiger partial charge is 0.416 e. The number of sulfonamides is 1. The van der Waals surface area contributed by atoms with Crippen LogP contribution in [0.15, 0.2) is 77.7 Å². The fourth-order valence-corrected chi connectivity index (χ4v) is 5.53. The average Bonchev–Trinajstić information content (AvgIpc) is 2.90. The van der Waals surface area contributed by atoms with Crippen LogP contribution in [0.2, 0.25) is 10.0 Å². The third kappa shape index (κ3) is 7.23. The number of likely N-dealkylation sites (N-methyl/N-ethyl adjacent to an activating group) is 1. The fraction of sp³-hybridized carbons (Fsp3) is 0.231. The molecule has 1 atom stereocenters. The Morgan fingerprint density at radius 3 is 2.15 bits per heavy atom. The van der Waals surface area contributed by atoms with Crippen molar-refractivity contribution in [3.63, 3.8) is 0 Å². The second kappa shape index (κ2) is 12.3. The fourth-order valence-electron chi connectivity index (χ4n) is 3.69. The van der Waals surface area contributed by atoms with Crippen LogP contribution >= 0.6 is 23.2 Å². The van der Waals surface area contributed by atoms with Gasteiger partial charge in [-0.05, 0) is 55.0 Å². The van der Waals surface area contributed by atoms with Gasteiger partial charge in [-0.15, -0.1) is 0 Å². The van der Waals surface area contributed by atoms with Crippen molar-refractivity contribution in [1.82, 2.24) is 10.2 Å². The van der Waals surface area contributed by atoms with Crippen LogP contribution in [0.5, 0.6) is 0 Å². The van der Waals surface area contributed by atoms with E-state index in [0.717, 1.165) is 11.0 Å². The quantitative estimate of drug-likeness (QED) is 0.357. The number of hydrogen-bond donors (Lipinski definition) is 1. The minimum Gasteiger partial charge on any atom is -0.357 e. The molecule has 13 heteroatoms. The second-order valence-electron chi connectivity index (χ2n) is 8.43. The number of nitrogens with zero attached hydrogens (tertiary/aromatic N) is 2. The predicted octanol–water partition coefficient (Wildman–Crippen LogP) is 5.37. The van der Waals surface area contributed by atoms with Gasteiger partial charge in [-0.3, -0.25) is 13.9 Å². The molecule has 0 saturated carbocycles. The lowest BCUT2D eigenvalue weighted by atomic mass is 10.1. The van der Waals surface area contributed by atoms with Gasteiger partial charge in [0.15, 0.2) is 0 Å². The second-order valence-corrected chi connectivity index (χ2v) is 11.1. The molecule has 7 nitrogen and oxygen atoms in total. The summed E-state index contributed by atoms with van der Waals surface area (Å²) in [4.78, 5) is 27.0. The normalized spacial score (nSPS) is 12.5. The van der Waals surface area contributed by atoms with Crippen molar-refractivity contribution < 1.29 is 31.2 Å². The highest BCUT2D eigenvalue weighted by atomic mass is 35.5. The van der Waals surface area contributed by atoms with Crippen LogP contribution in [0.4, 0.5) is 18.9 Å². The van der Waals surface area contributed by atoms with Gasteiger partial charge in [-0.2, -0.15) is 13.2 Å². The maximum atomic E-state index is 13.7. The number of benzene rings is 3. The first-order valence-electron chi connectivity index (χ1n) is 11.5. The number of halogens is 5. The molecule has 3 aromatic rings. The lowest BCUT2D eigenvalue weighted by molar-refractivity contribution is -0.139. The first kappa shape index (κ1) is 30.3. The Kier molecular flexibility index (Phi) is 9.52. The van der Waals surface area contributed by atoms with Gasteiger partial charge in [0.2, 0.25) is 11.8 Å². The number of rotatable bonds is 9. The molecule has 0 spiro atoms. The van der Waals surface area contributed by atoms with Crippen molar-refractivity contribution in [2.45, 2.75) is 30.6 Å². The topological polar surface area (TPSA) is 86.8 Å². The Morgan fingerprint density at radius 2 is 1.59 bits per heavy atom. The number of hydrogen-bond acceptors (Lipinski definition) is 4. The standard InChI is InChI=1S/C26H24Cl2F3N3O4S/c1-17(25(36)32-2)33(15-18-8-11-20(27)12-9-18)24(35)16-34(39(37,38)21-6-4-3-5-7-21)23-14-19(26(29,30)31)10-13-22(23)28/h3-14,17H,15-16H2,1-2H3,(H,32,36)/t17-/m1/s1. The van der Waals surface area contributed by atoms with E-state index in [4.69, 9.17) is 23.2 Å². The molecule has 0 aliphatic rings. The van der Waals surface area contributed by atoms with Crippen molar-refractivity contribution >= 4 is 50.7 Å². The Hall–Kier alpha value is -3.28. The van der Waals surface area contributed by atoms with Gasteiger partial charge in [0.25, 0.3) is 10.0 Å². The summed E-state index contributed by atoms with van der Waals surface area (Å²) in [5, 5.41) is 2.56. The Morgan fingerprint density at radius 1 is 0.974 bits per heavy atom. The molecule has 0 heterocycles. The summed E-state index contributed by atoms with van der Waals surface area (Å²) in [7, 11) is -3.21.